The fourth-order valence-corrected chi connectivity index (χ4v) is 16.4. The molecule has 138 heavy (non-hydrogen) atoms. The van der Waals surface area contributed by atoms with Crippen LogP contribution in [0.2, 0.25) is 0 Å². The Bertz CT molecular complexity index is 6030. The van der Waals surface area contributed by atoms with Crippen molar-refractivity contribution in [1.82, 2.24) is 60.9 Å². The van der Waals surface area contributed by atoms with E-state index in [1.54, 1.807) is 6.20 Å². The largest absolute Gasteiger partial charge is 0.493 e. The lowest BCUT2D eigenvalue weighted by Crippen LogP contribution is -2.25. The number of rotatable bonds is 72. The molecule has 3 amide bonds. The first-order valence-corrected chi connectivity index (χ1v) is 56.1. The highest BCUT2D eigenvalue weighted by atomic mass is 32.2. The summed E-state index contributed by atoms with van der Waals surface area (Å²) in [7, 11) is -35.3. The number of carbonyl (C=O) groups is 4. The molecule has 51 nitrogen and oxygen atoms in total. The Kier molecular flexibility index (Phi) is 46.0. The fraction of sp³-hybridized carbons (Fsp3) is 0.570. The first kappa shape index (κ1) is 114. The molecule has 0 unspecified atom stereocenters. The Hall–Kier alpha value is -10.5. The molecule has 0 bridgehead atoms. The predicted molar refractivity (Wildman–Crippen MR) is 489 cm³/mol. The summed E-state index contributed by atoms with van der Waals surface area (Å²) in [5.41, 5.74) is 1.17. The summed E-state index contributed by atoms with van der Waals surface area (Å²) in [6.45, 7) is 1.04. The maximum atomic E-state index is 14.1. The number of amides is 3. The van der Waals surface area contributed by atoms with Crippen LogP contribution < -0.4 is 68.1 Å². The normalized spacial score (nSPS) is 12.2. The number of nitrogens with one attached hydrogen (secondary N) is 3. The maximum Gasteiger partial charge on any atom is 0.264 e. The first-order chi connectivity index (χ1) is 65.0. The molecule has 7 rings (SSSR count). The summed E-state index contributed by atoms with van der Waals surface area (Å²) < 4.78 is 329. The monoisotopic (exact) mass is 2110 g/mol. The van der Waals surface area contributed by atoms with Crippen molar-refractivity contribution < 1.29 is 175 Å². The van der Waals surface area contributed by atoms with Crippen LogP contribution in [0.5, 0.6) is 63.2 Å². The van der Waals surface area contributed by atoms with Crippen LogP contribution in [0.3, 0.4) is 0 Å². The molecular formula is C79H114N12O39S8. The molecule has 7 aromatic rings. The van der Waals surface area contributed by atoms with Crippen molar-refractivity contribution in [2.75, 3.05) is 119 Å². The van der Waals surface area contributed by atoms with Crippen molar-refractivity contribution in [3.63, 3.8) is 0 Å². The van der Waals surface area contributed by atoms with Crippen molar-refractivity contribution in [2.45, 2.75) is 169 Å². The van der Waals surface area contributed by atoms with E-state index in [4.69, 9.17) is 52.1 Å². The Labute approximate surface area is 798 Å². The SMILES string of the molecule is CCCCOc1cc(C(=O)NCCCn2cc(COc3cc(C(=O)CCCC)cc(OCc4cn(CCCNC(=O)c5cc(OCCCS(=O)(=O)O)c(OCCCS(=O)(=O)O)c(OCCCS(=O)(=O)O)c5)nn4)c3OCc3cn(CCCNC(=O)c4cc(OCCCS(=O)(=O)O)c(OCCCS(=O)(=O)O)c(OCCCS(=O)(=O)O)c4)nn3)nn2)cc(OCCCS(=O)(=O)O)c1CCCCS(=O)(=O)O. The summed E-state index contributed by atoms with van der Waals surface area (Å²) in [6.07, 6.45) is 6.68. The highest BCUT2D eigenvalue weighted by Gasteiger charge is 2.28. The topological polar surface area (TPSA) is 733 Å². The second-order valence-electron chi connectivity index (χ2n) is 30.9. The molecule has 0 aliphatic carbocycles. The third kappa shape index (κ3) is 46.0. The van der Waals surface area contributed by atoms with Gasteiger partial charge in [-0.3, -0.25) is 69.6 Å². The van der Waals surface area contributed by atoms with Gasteiger partial charge in [-0.2, -0.15) is 67.3 Å². The minimum atomic E-state index is -4.45. The number of benzene rings is 4. The molecule has 0 radical (unpaired) electrons. The van der Waals surface area contributed by atoms with E-state index in [2.05, 4.69) is 46.9 Å². The van der Waals surface area contributed by atoms with Crippen LogP contribution in [0, 0.1) is 0 Å². The fourth-order valence-electron chi connectivity index (χ4n) is 12.4. The molecule has 0 saturated carbocycles. The molecule has 0 atom stereocenters. The molecule has 59 heteroatoms. The number of hydrogen-bond acceptors (Lipinski definition) is 37. The van der Waals surface area contributed by atoms with Crippen LogP contribution in [-0.4, -0.2) is 291 Å². The quantitative estimate of drug-likeness (QED) is 0.0135. The highest BCUT2D eigenvalue weighted by Crippen LogP contribution is 2.44. The number of hydrogen-bond donors (Lipinski definition) is 11. The van der Waals surface area contributed by atoms with E-state index in [0.717, 1.165) is 6.42 Å². The number of aromatic nitrogens is 9. The van der Waals surface area contributed by atoms with Crippen LogP contribution in [0.4, 0.5) is 0 Å². The Morgan fingerprint density at radius 1 is 0.290 bits per heavy atom. The smallest absolute Gasteiger partial charge is 0.264 e. The van der Waals surface area contributed by atoms with Gasteiger partial charge in [0.15, 0.2) is 40.3 Å². The van der Waals surface area contributed by atoms with Gasteiger partial charge in [-0.25, -0.2) is 0 Å². The van der Waals surface area contributed by atoms with Crippen molar-refractivity contribution in [3.8, 4) is 63.2 Å². The average molecular weight is 2110 g/mol. The lowest BCUT2D eigenvalue weighted by molar-refractivity contribution is 0.0943. The zero-order valence-corrected chi connectivity index (χ0v) is 81.8. The van der Waals surface area contributed by atoms with Gasteiger partial charge in [0.1, 0.15) is 48.4 Å². The van der Waals surface area contributed by atoms with Gasteiger partial charge < -0.3 is 68.1 Å². The van der Waals surface area contributed by atoms with Crippen LogP contribution in [0.15, 0.2) is 67.1 Å². The van der Waals surface area contributed by atoms with Gasteiger partial charge in [0.25, 0.3) is 98.7 Å². The number of unbranched alkanes of at least 4 members (excludes halogenated alkanes) is 3. The molecule has 0 aliphatic heterocycles. The minimum Gasteiger partial charge on any atom is -0.493 e. The molecule has 0 fully saturated rings. The van der Waals surface area contributed by atoms with Gasteiger partial charge in [-0.1, -0.05) is 42.3 Å². The van der Waals surface area contributed by atoms with Crippen molar-refractivity contribution in [1.29, 1.82) is 0 Å². The summed E-state index contributed by atoms with van der Waals surface area (Å²) >= 11 is 0. The number of aryl methyl sites for hydroxylation is 3. The molecular weight excluding hydrogens is 2000 g/mol. The second kappa shape index (κ2) is 55.5. The minimum absolute atomic E-state index is 0.0264. The zero-order valence-electron chi connectivity index (χ0n) is 75.3. The number of nitrogens with zero attached hydrogens (tertiary/aromatic N) is 9. The summed E-state index contributed by atoms with van der Waals surface area (Å²) in [6, 6.07) is 10.6. The summed E-state index contributed by atoms with van der Waals surface area (Å²) in [4.78, 5) is 55.8. The van der Waals surface area contributed by atoms with Gasteiger partial charge >= 0.3 is 0 Å². The van der Waals surface area contributed by atoms with Gasteiger partial charge in [0.05, 0.1) is 117 Å². The average Bonchev–Trinajstić information content (AvgIpc) is 1.12. The maximum absolute atomic E-state index is 14.1. The van der Waals surface area contributed by atoms with E-state index < -0.39 is 145 Å². The molecule has 3 aromatic heterocycles. The molecule has 0 spiro atoms. The molecule has 11 N–H and O–H groups in total. The number of Topliss-reactive ketones (excluding diaryl/α,β-unsaturated/α-hetero) is 1. The number of ketones is 1. The summed E-state index contributed by atoms with van der Waals surface area (Å²) in [5.74, 6) is -8.98. The molecule has 3 heterocycles. The lowest BCUT2D eigenvalue weighted by atomic mass is 10.0. The van der Waals surface area contributed by atoms with E-state index in [1.807, 2.05) is 13.8 Å². The zero-order chi connectivity index (χ0) is 101. The summed E-state index contributed by atoms with van der Waals surface area (Å²) in [5, 5.41) is 33.9. The molecule has 772 valence electrons. The lowest BCUT2D eigenvalue weighted by Gasteiger charge is -2.19. The van der Waals surface area contributed by atoms with E-state index in [-0.39, 0.29) is 310 Å². The standard InChI is InChI=1S/C79H114N12O39S8/c1-3-5-20-65(92)57-43-72(128-54-61-51-89(86-83-61)24-9-21-80-77(93)58-45-66(120-27-6-4-2)64(19-7-8-35-131(96,97)98)67(46-58)121-28-12-36-132(99,100)101)76(130-56-63-53-91(88-85-63)26-11-23-82-79(95)60-49-70(124-31-15-39-135(108,109)110)75(127-34-18-42-138(117,118)119)71(50-60)125-32-16-40-136(111,112)113)73(44-57)129-55-62-52-90(87-84-62)25-10-22-81-78(94)59-47-68(122-29-13-37-133(102,103)104)74(126-33-17-41-137(114,115)116)69(48-59)123-30-14-38-134(105,106)107/h43-53H,3-42,54-56H2,1-2H3,(H,80,93)(H,81,94)(H,82,95)(H,96,97,98)(H,99,100,101)(H,102,103,104)(H,105,106,107)(H,108,109,110)(H,111,112,113)(H,114,115,116)(H,117,118,119). The third-order valence-corrected chi connectivity index (χ3v) is 25.4. The first-order valence-electron chi connectivity index (χ1n) is 43.2. The van der Waals surface area contributed by atoms with Crippen LogP contribution in [0.25, 0.3) is 0 Å². The van der Waals surface area contributed by atoms with E-state index in [1.165, 1.54) is 75.0 Å². The number of ether oxygens (including phenoxy) is 11. The van der Waals surface area contributed by atoms with Gasteiger partial charge in [0.2, 0.25) is 17.2 Å². The highest BCUT2D eigenvalue weighted by molar-refractivity contribution is 7.87. The third-order valence-electron chi connectivity index (χ3n) is 19.0. The molecule has 4 aromatic carbocycles. The van der Waals surface area contributed by atoms with Gasteiger partial charge in [-0.15, -0.1) is 15.3 Å². The molecule has 0 aliphatic rings. The van der Waals surface area contributed by atoms with Crippen molar-refractivity contribution >= 4 is 104 Å². The second-order valence-corrected chi connectivity index (χ2v) is 43.4. The van der Waals surface area contributed by atoms with Gasteiger partial charge in [0, 0.05) is 73.5 Å². The Morgan fingerprint density at radius 3 is 0.833 bits per heavy atom. The van der Waals surface area contributed by atoms with E-state index >= 15 is 0 Å². The van der Waals surface area contributed by atoms with Crippen LogP contribution in [-0.2, 0) is 127 Å². The van der Waals surface area contributed by atoms with Crippen LogP contribution in [0.1, 0.15) is 187 Å². The Morgan fingerprint density at radius 2 is 0.536 bits per heavy atom. The van der Waals surface area contributed by atoms with Crippen LogP contribution >= 0.6 is 0 Å². The van der Waals surface area contributed by atoms with Gasteiger partial charge in [-0.05, 0) is 145 Å². The van der Waals surface area contributed by atoms with Crippen molar-refractivity contribution in [2.24, 2.45) is 0 Å². The number of carbonyl (C=O) groups excluding carboxylic acids is 4. The van der Waals surface area contributed by atoms with E-state index in [9.17, 15) is 123 Å². The Balaban J connectivity index is 1.11. The van der Waals surface area contributed by atoms with E-state index in [0.29, 0.717) is 24.8 Å². The van der Waals surface area contributed by atoms with Crippen molar-refractivity contribution in [3.05, 3.63) is 112 Å². The predicted octanol–water partition coefficient (Wildman–Crippen LogP) is 5.02. The molecule has 0 saturated heterocycles.